The summed E-state index contributed by atoms with van der Waals surface area (Å²) in [6.45, 7) is 0. The molecular weight excluding hydrogens is 713 g/mol. The normalized spacial score (nSPS) is 14.8. The molecule has 0 fully saturated rings. The van der Waals surface area contributed by atoms with Gasteiger partial charge >= 0.3 is 0 Å². The Morgan fingerprint density at radius 3 is 1.53 bits per heavy atom. The second-order valence-corrected chi connectivity index (χ2v) is 16.0. The molecule has 11 aromatic rings. The van der Waals surface area contributed by atoms with Gasteiger partial charge < -0.3 is 0 Å². The van der Waals surface area contributed by atoms with Gasteiger partial charge in [0.15, 0.2) is 5.82 Å². The van der Waals surface area contributed by atoms with Crippen molar-refractivity contribution in [2.24, 2.45) is 0 Å². The lowest BCUT2D eigenvalue weighted by Crippen LogP contribution is -2.29. The van der Waals surface area contributed by atoms with Crippen LogP contribution in [-0.4, -0.2) is 9.97 Å². The minimum atomic E-state index is -0.656. The van der Waals surface area contributed by atoms with Crippen molar-refractivity contribution in [1.82, 2.24) is 9.97 Å². The second kappa shape index (κ2) is 12.2. The summed E-state index contributed by atoms with van der Waals surface area (Å²) in [5.41, 5.74) is 16.9. The fourth-order valence-electron chi connectivity index (χ4n) is 10.6. The van der Waals surface area contributed by atoms with Crippen LogP contribution in [0.3, 0.4) is 0 Å². The second-order valence-electron chi connectivity index (χ2n) is 16.0. The zero-order chi connectivity index (χ0) is 38.7. The maximum atomic E-state index is 5.35. The van der Waals surface area contributed by atoms with Crippen LogP contribution in [-0.2, 0) is 5.41 Å². The van der Waals surface area contributed by atoms with E-state index in [1.807, 2.05) is 0 Å². The lowest BCUT2D eigenvalue weighted by Gasteiger charge is -2.36. The number of hydrogen-bond donors (Lipinski definition) is 0. The van der Waals surface area contributed by atoms with Crippen molar-refractivity contribution in [2.45, 2.75) is 5.41 Å². The largest absolute Gasteiger partial charge is 0.228 e. The van der Waals surface area contributed by atoms with Crippen molar-refractivity contribution >= 4 is 32.3 Å². The molecule has 1 heterocycles. The maximum absolute atomic E-state index is 5.35. The summed E-state index contributed by atoms with van der Waals surface area (Å²) in [6, 6.07) is 75.8. The Morgan fingerprint density at radius 2 is 0.847 bits per heavy atom. The van der Waals surface area contributed by atoms with Gasteiger partial charge in [-0.15, -0.1) is 0 Å². The summed E-state index contributed by atoms with van der Waals surface area (Å²) in [7, 11) is 0. The SMILES string of the molecule is c1ccc(-c2cc(-c3ccccc3)nc(-c3ccc4c(c3)C3(c5ccccc5-c5ccccc5-4)c4ccccc4-c4c3cc3ccc5cccc6ccc4c3c56)n2)cc1. The van der Waals surface area contributed by atoms with Gasteiger partial charge in [0.2, 0.25) is 0 Å². The van der Waals surface area contributed by atoms with Crippen LogP contribution in [0.1, 0.15) is 22.3 Å². The molecule has 13 rings (SSSR count). The maximum Gasteiger partial charge on any atom is 0.160 e. The van der Waals surface area contributed by atoms with E-state index in [1.54, 1.807) is 0 Å². The average molecular weight is 747 g/mol. The van der Waals surface area contributed by atoms with Crippen molar-refractivity contribution in [3.05, 3.63) is 229 Å². The van der Waals surface area contributed by atoms with Gasteiger partial charge in [0.1, 0.15) is 0 Å². The molecule has 1 aromatic heterocycles. The van der Waals surface area contributed by atoms with Crippen LogP contribution in [0.5, 0.6) is 0 Å². The fourth-order valence-corrected chi connectivity index (χ4v) is 10.6. The van der Waals surface area contributed by atoms with Crippen molar-refractivity contribution in [2.75, 3.05) is 0 Å². The predicted molar refractivity (Wildman–Crippen MR) is 244 cm³/mol. The molecule has 0 saturated heterocycles. The monoisotopic (exact) mass is 746 g/mol. The molecule has 0 bridgehead atoms. The molecule has 0 N–H and O–H groups in total. The smallest absolute Gasteiger partial charge is 0.160 e. The van der Waals surface area contributed by atoms with Gasteiger partial charge in [-0.1, -0.05) is 188 Å². The molecular formula is C57H34N2. The zero-order valence-electron chi connectivity index (χ0n) is 32.0. The topological polar surface area (TPSA) is 25.8 Å². The first-order valence-corrected chi connectivity index (χ1v) is 20.4. The molecule has 0 radical (unpaired) electrons. The molecule has 1 spiro atoms. The first-order valence-electron chi connectivity index (χ1n) is 20.4. The average Bonchev–Trinajstić information content (AvgIpc) is 3.55. The number of nitrogens with zero attached hydrogens (tertiary/aromatic N) is 2. The Morgan fingerprint density at radius 1 is 0.305 bits per heavy atom. The Bertz CT molecular complexity index is 3420. The molecule has 2 aliphatic carbocycles. The molecule has 1 unspecified atom stereocenters. The number of rotatable bonds is 3. The van der Waals surface area contributed by atoms with Crippen molar-refractivity contribution in [3.8, 4) is 67.3 Å². The number of benzene rings is 10. The Kier molecular flexibility index (Phi) is 6.68. The standard InChI is InChI=1S/C57H34N2/c1-3-14-35(15-4-1)51-34-52(36-16-5-2-6-17-36)59-56(58-51)40-29-30-44-42-21-8-7-20-41(42)43-22-9-11-24-47(43)57(49(44)33-40)48-25-12-10-23-45(48)55-46-31-28-38-19-13-18-37-26-27-39(32-50(55)57)54(46)53(37)38/h1-34H. The molecule has 0 saturated carbocycles. The van der Waals surface area contributed by atoms with Crippen LogP contribution in [0.25, 0.3) is 99.6 Å². The summed E-state index contributed by atoms with van der Waals surface area (Å²) in [5, 5.41) is 7.79. The minimum absolute atomic E-state index is 0.656. The zero-order valence-corrected chi connectivity index (χ0v) is 32.0. The lowest BCUT2D eigenvalue weighted by atomic mass is 9.65. The molecule has 1 atom stereocenters. The quantitative estimate of drug-likeness (QED) is 0.168. The van der Waals surface area contributed by atoms with Gasteiger partial charge in [0.05, 0.1) is 16.8 Å². The first kappa shape index (κ1) is 32.4. The van der Waals surface area contributed by atoms with Gasteiger partial charge in [0, 0.05) is 16.7 Å². The highest BCUT2D eigenvalue weighted by atomic mass is 14.9. The molecule has 0 amide bonds. The lowest BCUT2D eigenvalue weighted by molar-refractivity contribution is 0.777. The van der Waals surface area contributed by atoms with Gasteiger partial charge in [-0.3, -0.25) is 0 Å². The third-order valence-electron chi connectivity index (χ3n) is 13.0. The third-order valence-corrected chi connectivity index (χ3v) is 13.0. The summed E-state index contributed by atoms with van der Waals surface area (Å²) in [6.07, 6.45) is 0. The van der Waals surface area contributed by atoms with Crippen molar-refractivity contribution in [1.29, 1.82) is 0 Å². The van der Waals surface area contributed by atoms with E-state index in [1.165, 1.54) is 88.0 Å². The van der Waals surface area contributed by atoms with Gasteiger partial charge in [0.25, 0.3) is 0 Å². The number of hydrogen-bond acceptors (Lipinski definition) is 2. The van der Waals surface area contributed by atoms with E-state index in [4.69, 9.17) is 9.97 Å². The van der Waals surface area contributed by atoms with Gasteiger partial charge in [-0.2, -0.15) is 0 Å². The molecule has 2 nitrogen and oxygen atoms in total. The van der Waals surface area contributed by atoms with Crippen LogP contribution < -0.4 is 0 Å². The van der Waals surface area contributed by atoms with Crippen LogP contribution in [0.4, 0.5) is 0 Å². The van der Waals surface area contributed by atoms with Gasteiger partial charge in [-0.25, -0.2) is 9.97 Å². The van der Waals surface area contributed by atoms with E-state index >= 15 is 0 Å². The van der Waals surface area contributed by atoms with Crippen LogP contribution in [0.2, 0.25) is 0 Å². The molecule has 2 aliphatic rings. The van der Waals surface area contributed by atoms with E-state index in [2.05, 4.69) is 206 Å². The van der Waals surface area contributed by atoms with Crippen LogP contribution >= 0.6 is 0 Å². The fraction of sp³-hybridized carbons (Fsp3) is 0.0175. The highest BCUT2D eigenvalue weighted by molar-refractivity contribution is 6.27. The summed E-state index contributed by atoms with van der Waals surface area (Å²) < 4.78 is 0. The molecule has 59 heavy (non-hydrogen) atoms. The number of fused-ring (bicyclic) bond motifs is 13. The Balaban J connectivity index is 1.18. The predicted octanol–water partition coefficient (Wildman–Crippen LogP) is 14.4. The van der Waals surface area contributed by atoms with Gasteiger partial charge in [-0.05, 0) is 106 Å². The van der Waals surface area contributed by atoms with E-state index in [-0.39, 0.29) is 0 Å². The van der Waals surface area contributed by atoms with Crippen molar-refractivity contribution in [3.63, 3.8) is 0 Å². The molecule has 272 valence electrons. The summed E-state index contributed by atoms with van der Waals surface area (Å²) in [5.74, 6) is 0.705. The van der Waals surface area contributed by atoms with E-state index in [0.717, 1.165) is 28.1 Å². The summed E-state index contributed by atoms with van der Waals surface area (Å²) >= 11 is 0. The number of aromatic nitrogens is 2. The van der Waals surface area contributed by atoms with E-state index in [0.29, 0.717) is 5.82 Å². The summed E-state index contributed by atoms with van der Waals surface area (Å²) in [4.78, 5) is 10.7. The highest BCUT2D eigenvalue weighted by Crippen LogP contribution is 2.63. The van der Waals surface area contributed by atoms with E-state index in [9.17, 15) is 0 Å². The molecule has 2 heteroatoms. The molecule has 0 aliphatic heterocycles. The first-order chi connectivity index (χ1) is 29.3. The third kappa shape index (κ3) is 4.46. The highest BCUT2D eigenvalue weighted by Gasteiger charge is 2.50. The van der Waals surface area contributed by atoms with Crippen LogP contribution in [0, 0.1) is 0 Å². The molecule has 10 aromatic carbocycles. The minimum Gasteiger partial charge on any atom is -0.228 e. The van der Waals surface area contributed by atoms with Crippen LogP contribution in [0.15, 0.2) is 206 Å². The van der Waals surface area contributed by atoms with E-state index < -0.39 is 5.41 Å². The Labute approximate surface area is 342 Å². The Hall–Kier alpha value is -7.68. The van der Waals surface area contributed by atoms with Crippen molar-refractivity contribution < 1.29 is 0 Å².